The Morgan fingerprint density at radius 1 is 1.12 bits per heavy atom. The van der Waals surface area contributed by atoms with Gasteiger partial charge in [-0.3, -0.25) is 14.1 Å². The molecule has 0 fully saturated rings. The van der Waals surface area contributed by atoms with Gasteiger partial charge in [0.2, 0.25) is 0 Å². The summed E-state index contributed by atoms with van der Waals surface area (Å²) in [5.74, 6) is -0.745. The van der Waals surface area contributed by atoms with Crippen LogP contribution in [0.5, 0.6) is 0 Å². The number of nitrogens with zero attached hydrogens (tertiary/aromatic N) is 3. The van der Waals surface area contributed by atoms with Crippen LogP contribution in [0.15, 0.2) is 64.0 Å². The average molecular weight is 370 g/mol. The molecule has 0 atom stereocenters. The van der Waals surface area contributed by atoms with Crippen LogP contribution < -0.4 is 5.76 Å². The van der Waals surface area contributed by atoms with Crippen molar-refractivity contribution in [2.45, 2.75) is 13.0 Å². The van der Waals surface area contributed by atoms with Crippen molar-refractivity contribution >= 4 is 22.5 Å². The normalized spacial score (nSPS) is 11.2. The van der Waals surface area contributed by atoms with Gasteiger partial charge in [0.05, 0.1) is 12.1 Å². The zero-order valence-electron chi connectivity index (χ0n) is 13.5. The molecule has 0 radical (unpaired) electrons. The summed E-state index contributed by atoms with van der Waals surface area (Å²) in [5.41, 5.74) is 1.99. The molecule has 0 aliphatic carbocycles. The first-order chi connectivity index (χ1) is 12.6. The Hall–Kier alpha value is -2.99. The van der Waals surface area contributed by atoms with E-state index in [4.69, 9.17) is 16.1 Å². The van der Waals surface area contributed by atoms with Crippen LogP contribution in [0.2, 0.25) is 5.02 Å². The summed E-state index contributed by atoms with van der Waals surface area (Å²) in [4.78, 5) is 16.4. The van der Waals surface area contributed by atoms with Crippen molar-refractivity contribution in [3.8, 4) is 0 Å². The molecule has 0 saturated carbocycles. The first-order valence-electron chi connectivity index (χ1n) is 7.94. The van der Waals surface area contributed by atoms with Crippen molar-refractivity contribution in [3.63, 3.8) is 0 Å². The highest BCUT2D eigenvalue weighted by Crippen LogP contribution is 2.22. The zero-order valence-corrected chi connectivity index (χ0v) is 14.3. The van der Waals surface area contributed by atoms with Gasteiger partial charge in [0.25, 0.3) is 0 Å². The van der Waals surface area contributed by atoms with Crippen LogP contribution in [0.3, 0.4) is 0 Å². The van der Waals surface area contributed by atoms with E-state index in [9.17, 15) is 9.18 Å². The maximum atomic E-state index is 14.1. The van der Waals surface area contributed by atoms with E-state index in [1.165, 1.54) is 16.7 Å². The Morgan fingerprint density at radius 2 is 1.96 bits per heavy atom. The van der Waals surface area contributed by atoms with Crippen molar-refractivity contribution in [1.29, 1.82) is 0 Å². The highest BCUT2D eigenvalue weighted by atomic mass is 35.5. The van der Waals surface area contributed by atoms with Gasteiger partial charge in [0.15, 0.2) is 5.82 Å². The molecule has 26 heavy (non-hydrogen) atoms. The summed E-state index contributed by atoms with van der Waals surface area (Å²) in [6, 6.07) is 13.9. The van der Waals surface area contributed by atoms with E-state index >= 15 is 0 Å². The Balaban J connectivity index is 1.74. The van der Waals surface area contributed by atoms with Crippen LogP contribution >= 0.6 is 11.6 Å². The lowest BCUT2D eigenvalue weighted by atomic mass is 10.1. The van der Waals surface area contributed by atoms with Gasteiger partial charge in [-0.25, -0.2) is 9.18 Å². The largest absolute Gasteiger partial charge is 0.441 e. The molecule has 4 aromatic rings. The van der Waals surface area contributed by atoms with E-state index in [1.54, 1.807) is 12.3 Å². The topological polar surface area (TPSA) is 60.9 Å². The molecule has 0 bridgehead atoms. The van der Waals surface area contributed by atoms with Crippen LogP contribution in [0, 0.1) is 5.82 Å². The van der Waals surface area contributed by atoms with Crippen molar-refractivity contribution < 1.29 is 8.91 Å². The maximum absolute atomic E-state index is 14.1. The van der Waals surface area contributed by atoms with Crippen LogP contribution in [0.1, 0.15) is 17.0 Å². The van der Waals surface area contributed by atoms with Gasteiger partial charge in [-0.1, -0.05) is 41.0 Å². The molecule has 7 heteroatoms. The quantitative estimate of drug-likeness (QED) is 0.548. The zero-order chi connectivity index (χ0) is 18.1. The first kappa shape index (κ1) is 16.5. The summed E-state index contributed by atoms with van der Waals surface area (Å²) < 4.78 is 20.3. The third-order valence-corrected chi connectivity index (χ3v) is 4.58. The molecule has 0 N–H and O–H groups in total. The van der Waals surface area contributed by atoms with E-state index in [0.717, 1.165) is 16.5 Å². The van der Waals surface area contributed by atoms with E-state index < -0.39 is 11.6 Å². The summed E-state index contributed by atoms with van der Waals surface area (Å²) in [6.07, 6.45) is 1.77. The van der Waals surface area contributed by atoms with Gasteiger partial charge in [-0.15, -0.1) is 0 Å². The highest BCUT2D eigenvalue weighted by molar-refractivity contribution is 6.31. The van der Waals surface area contributed by atoms with Crippen molar-refractivity contribution in [1.82, 2.24) is 14.7 Å². The number of benzene rings is 2. The Labute approximate surface area is 152 Å². The summed E-state index contributed by atoms with van der Waals surface area (Å²) in [7, 11) is 0. The molecular formula is C19H13ClFN3O2. The van der Waals surface area contributed by atoms with Crippen molar-refractivity contribution in [3.05, 3.63) is 93.1 Å². The smallest absolute Gasteiger partial charge is 0.296 e. The fraction of sp³-hybridized carbons (Fsp3) is 0.105. The summed E-state index contributed by atoms with van der Waals surface area (Å²) in [5, 5.41) is 5.01. The van der Waals surface area contributed by atoms with Crippen molar-refractivity contribution in [2.75, 3.05) is 0 Å². The maximum Gasteiger partial charge on any atom is 0.441 e. The predicted octanol–water partition coefficient (Wildman–Crippen LogP) is 3.82. The minimum Gasteiger partial charge on any atom is -0.296 e. The van der Waals surface area contributed by atoms with Crippen molar-refractivity contribution in [2.24, 2.45) is 0 Å². The molecular weight excluding hydrogens is 357 g/mol. The molecule has 0 aliphatic rings. The van der Waals surface area contributed by atoms with E-state index in [0.29, 0.717) is 5.82 Å². The number of hydrogen-bond acceptors (Lipinski definition) is 4. The van der Waals surface area contributed by atoms with Gasteiger partial charge in [0.1, 0.15) is 5.82 Å². The summed E-state index contributed by atoms with van der Waals surface area (Å²) in [6.45, 7) is 0.243. The number of halogens is 2. The molecule has 0 unspecified atom stereocenters. The predicted molar refractivity (Wildman–Crippen MR) is 95.8 cm³/mol. The average Bonchev–Trinajstić information content (AvgIpc) is 2.98. The molecule has 5 nitrogen and oxygen atoms in total. The van der Waals surface area contributed by atoms with E-state index in [2.05, 4.69) is 10.1 Å². The van der Waals surface area contributed by atoms with Gasteiger partial charge < -0.3 is 0 Å². The number of hydrogen-bond donors (Lipinski definition) is 0. The number of aromatic nitrogens is 3. The fourth-order valence-corrected chi connectivity index (χ4v) is 3.14. The second-order valence-corrected chi connectivity index (χ2v) is 6.22. The SMILES string of the molecule is O=c1onc(Cc2c(F)cccc2Cl)n1Cc1cccc2ncccc12. The van der Waals surface area contributed by atoms with Gasteiger partial charge >= 0.3 is 5.76 Å². The molecule has 130 valence electrons. The van der Waals surface area contributed by atoms with Crippen LogP contribution in [-0.4, -0.2) is 14.7 Å². The minimum absolute atomic E-state index is 0.0558. The van der Waals surface area contributed by atoms with E-state index in [-0.39, 0.29) is 23.6 Å². The van der Waals surface area contributed by atoms with Gasteiger partial charge in [-0.2, -0.15) is 0 Å². The lowest BCUT2D eigenvalue weighted by molar-refractivity contribution is 0.375. The molecule has 2 aromatic heterocycles. The lowest BCUT2D eigenvalue weighted by Gasteiger charge is -2.09. The minimum atomic E-state index is -0.603. The lowest BCUT2D eigenvalue weighted by Crippen LogP contribution is -2.18. The number of fused-ring (bicyclic) bond motifs is 1. The second kappa shape index (κ2) is 6.72. The molecule has 0 amide bonds. The molecule has 0 aliphatic heterocycles. The number of rotatable bonds is 4. The van der Waals surface area contributed by atoms with Gasteiger partial charge in [-0.05, 0) is 29.8 Å². The first-order valence-corrected chi connectivity index (χ1v) is 8.32. The fourth-order valence-electron chi connectivity index (χ4n) is 2.91. The Bertz CT molecular complexity index is 1130. The summed E-state index contributed by atoms with van der Waals surface area (Å²) >= 11 is 6.08. The molecule has 2 aromatic carbocycles. The monoisotopic (exact) mass is 369 g/mol. The third-order valence-electron chi connectivity index (χ3n) is 4.22. The highest BCUT2D eigenvalue weighted by Gasteiger charge is 2.16. The second-order valence-electron chi connectivity index (χ2n) is 5.82. The van der Waals surface area contributed by atoms with Crippen LogP contribution in [0.4, 0.5) is 4.39 Å². The molecule has 2 heterocycles. The van der Waals surface area contributed by atoms with Crippen LogP contribution in [-0.2, 0) is 13.0 Å². The molecule has 0 spiro atoms. The standard InChI is InChI=1S/C19H13ClFN3O2/c20-15-6-2-7-16(21)14(15)10-18-23-26-19(25)24(18)11-12-4-1-8-17-13(12)5-3-9-22-17/h1-9H,10-11H2. The Kier molecular flexibility index (Phi) is 4.26. The number of pyridine rings is 1. The molecule has 4 rings (SSSR count). The third kappa shape index (κ3) is 2.99. The molecule has 0 saturated heterocycles. The Morgan fingerprint density at radius 3 is 2.81 bits per heavy atom. The van der Waals surface area contributed by atoms with Gasteiger partial charge in [0, 0.05) is 28.6 Å². The van der Waals surface area contributed by atoms with Crippen LogP contribution in [0.25, 0.3) is 10.9 Å². The van der Waals surface area contributed by atoms with E-state index in [1.807, 2.05) is 30.3 Å².